The first-order chi connectivity index (χ1) is 11.6. The molecule has 0 saturated heterocycles. The smallest absolute Gasteiger partial charge is 0.326 e. The normalized spacial score (nSPS) is 14.9. The lowest BCUT2D eigenvalue weighted by Crippen LogP contribution is -2.41. The van der Waals surface area contributed by atoms with E-state index in [4.69, 9.17) is 4.74 Å². The van der Waals surface area contributed by atoms with E-state index >= 15 is 0 Å². The molecule has 1 saturated carbocycles. The molecule has 1 fully saturated rings. The summed E-state index contributed by atoms with van der Waals surface area (Å²) in [7, 11) is 1.59. The number of aromatic nitrogens is 2. The highest BCUT2D eigenvalue weighted by atomic mass is 16.5. The summed E-state index contributed by atoms with van der Waals surface area (Å²) in [5.74, 6) is -0.350. The van der Waals surface area contributed by atoms with Crippen molar-refractivity contribution in [3.63, 3.8) is 0 Å². The van der Waals surface area contributed by atoms with Crippen molar-refractivity contribution in [1.29, 1.82) is 0 Å². The van der Waals surface area contributed by atoms with Crippen LogP contribution in [0.1, 0.15) is 29.8 Å². The van der Waals surface area contributed by atoms with Crippen LogP contribution in [0, 0.1) is 5.92 Å². The Kier molecular flexibility index (Phi) is 4.50. The third-order valence-corrected chi connectivity index (χ3v) is 4.03. The van der Waals surface area contributed by atoms with Crippen LogP contribution in [0.2, 0.25) is 0 Å². The van der Waals surface area contributed by atoms with Crippen molar-refractivity contribution in [1.82, 2.24) is 15.1 Å². The van der Waals surface area contributed by atoms with Gasteiger partial charge in [0.15, 0.2) is 5.69 Å². The Balaban J connectivity index is 1.69. The number of carboxylic acids is 1. The molecule has 1 heterocycles. The minimum atomic E-state index is -1.01. The molecule has 1 aromatic carbocycles. The number of carbonyl (C=O) groups is 2. The van der Waals surface area contributed by atoms with Crippen LogP contribution in [-0.4, -0.2) is 39.9 Å². The maximum atomic E-state index is 12.2. The zero-order valence-corrected chi connectivity index (χ0v) is 13.3. The van der Waals surface area contributed by atoms with Gasteiger partial charge in [-0.2, -0.15) is 5.10 Å². The Hall–Kier alpha value is -2.83. The molecule has 1 aliphatic carbocycles. The average Bonchev–Trinajstić information content (AvgIpc) is 3.26. The van der Waals surface area contributed by atoms with Crippen molar-refractivity contribution >= 4 is 11.9 Å². The first-order valence-electron chi connectivity index (χ1n) is 7.80. The van der Waals surface area contributed by atoms with Crippen molar-refractivity contribution in [3.05, 3.63) is 42.2 Å². The molecule has 0 spiro atoms. The number of aliphatic carboxylic acids is 1. The number of methoxy groups -OCH3 is 1. The Morgan fingerprint density at radius 3 is 2.62 bits per heavy atom. The van der Waals surface area contributed by atoms with Crippen LogP contribution in [0.3, 0.4) is 0 Å². The molecule has 1 unspecified atom stereocenters. The molecule has 2 aromatic rings. The minimum Gasteiger partial charge on any atom is -0.497 e. The molecular formula is C17H19N3O4. The summed E-state index contributed by atoms with van der Waals surface area (Å²) in [6, 6.07) is 7.94. The molecule has 24 heavy (non-hydrogen) atoms. The van der Waals surface area contributed by atoms with E-state index in [1.54, 1.807) is 36.2 Å². The van der Waals surface area contributed by atoms with E-state index in [0.29, 0.717) is 12.3 Å². The predicted octanol–water partition coefficient (Wildman–Crippen LogP) is 1.86. The fraction of sp³-hybridized carbons (Fsp3) is 0.353. The molecule has 1 atom stereocenters. The molecule has 2 N–H and O–H groups in total. The van der Waals surface area contributed by atoms with E-state index in [1.165, 1.54) is 0 Å². The molecule has 0 bridgehead atoms. The second-order valence-electron chi connectivity index (χ2n) is 5.89. The van der Waals surface area contributed by atoms with Gasteiger partial charge in [0.1, 0.15) is 11.8 Å². The lowest BCUT2D eigenvalue weighted by atomic mass is 10.1. The maximum absolute atomic E-state index is 12.2. The quantitative estimate of drug-likeness (QED) is 0.809. The number of rotatable bonds is 7. The zero-order chi connectivity index (χ0) is 17.1. The first kappa shape index (κ1) is 16.0. The van der Waals surface area contributed by atoms with Crippen molar-refractivity contribution in [2.75, 3.05) is 7.11 Å². The second kappa shape index (κ2) is 6.74. The van der Waals surface area contributed by atoms with Crippen molar-refractivity contribution in [3.8, 4) is 11.4 Å². The molecule has 1 amide bonds. The number of hydrogen-bond acceptors (Lipinski definition) is 4. The standard InChI is InChI=1S/C17H19N3O4/c1-24-13-6-4-12(5-7-13)20-9-8-14(19-20)16(21)18-15(17(22)23)10-11-2-3-11/h4-9,11,15H,2-3,10H2,1H3,(H,18,21)(H,22,23). The molecule has 126 valence electrons. The highest BCUT2D eigenvalue weighted by Gasteiger charge is 2.30. The number of carboxylic acid groups (broad SMARTS) is 1. The van der Waals surface area contributed by atoms with E-state index in [9.17, 15) is 14.7 Å². The molecule has 1 aromatic heterocycles. The number of amides is 1. The van der Waals surface area contributed by atoms with Crippen LogP contribution in [0.25, 0.3) is 5.69 Å². The fourth-order valence-corrected chi connectivity index (χ4v) is 2.46. The summed E-state index contributed by atoms with van der Waals surface area (Å²) < 4.78 is 6.66. The number of carbonyl (C=O) groups excluding carboxylic acids is 1. The minimum absolute atomic E-state index is 0.188. The van der Waals surface area contributed by atoms with Gasteiger partial charge in [0.2, 0.25) is 0 Å². The van der Waals surface area contributed by atoms with Gasteiger partial charge < -0.3 is 15.2 Å². The van der Waals surface area contributed by atoms with Crippen LogP contribution >= 0.6 is 0 Å². The van der Waals surface area contributed by atoms with Crippen molar-refractivity contribution < 1.29 is 19.4 Å². The second-order valence-corrected chi connectivity index (χ2v) is 5.89. The van der Waals surface area contributed by atoms with Crippen LogP contribution in [-0.2, 0) is 4.79 Å². The Labute approximate surface area is 139 Å². The summed E-state index contributed by atoms with van der Waals surface area (Å²) in [6.07, 6.45) is 4.20. The summed E-state index contributed by atoms with van der Waals surface area (Å²) in [5, 5.41) is 16.0. The molecule has 3 rings (SSSR count). The van der Waals surface area contributed by atoms with Gasteiger partial charge in [0, 0.05) is 6.20 Å². The highest BCUT2D eigenvalue weighted by molar-refractivity contribution is 5.94. The number of benzene rings is 1. The summed E-state index contributed by atoms with van der Waals surface area (Å²) in [6.45, 7) is 0. The topological polar surface area (TPSA) is 93.5 Å². The molecule has 7 nitrogen and oxygen atoms in total. The number of nitrogens with one attached hydrogen (secondary N) is 1. The molecule has 1 aliphatic rings. The van der Waals surface area contributed by atoms with Gasteiger partial charge in [-0.15, -0.1) is 0 Å². The largest absolute Gasteiger partial charge is 0.497 e. The molecule has 0 radical (unpaired) electrons. The lowest BCUT2D eigenvalue weighted by Gasteiger charge is -2.12. The monoisotopic (exact) mass is 329 g/mol. The van der Waals surface area contributed by atoms with Gasteiger partial charge in [-0.1, -0.05) is 12.8 Å². The maximum Gasteiger partial charge on any atom is 0.326 e. The Bertz CT molecular complexity index is 735. The van der Waals surface area contributed by atoms with Crippen molar-refractivity contribution in [2.45, 2.75) is 25.3 Å². The van der Waals surface area contributed by atoms with Gasteiger partial charge in [0.05, 0.1) is 12.8 Å². The van der Waals surface area contributed by atoms with E-state index in [1.807, 2.05) is 12.1 Å². The van der Waals surface area contributed by atoms with Gasteiger partial charge in [-0.05, 0) is 42.7 Å². The molecule has 0 aliphatic heterocycles. The van der Waals surface area contributed by atoms with Gasteiger partial charge >= 0.3 is 5.97 Å². The average molecular weight is 329 g/mol. The van der Waals surface area contributed by atoms with Crippen LogP contribution in [0.5, 0.6) is 5.75 Å². The third-order valence-electron chi connectivity index (χ3n) is 4.03. The Morgan fingerprint density at radius 2 is 2.04 bits per heavy atom. The van der Waals surface area contributed by atoms with Crippen molar-refractivity contribution in [2.24, 2.45) is 5.92 Å². The number of hydrogen-bond donors (Lipinski definition) is 2. The van der Waals surface area contributed by atoms with Gasteiger partial charge in [-0.25, -0.2) is 9.48 Å². The van der Waals surface area contributed by atoms with E-state index < -0.39 is 17.9 Å². The summed E-state index contributed by atoms with van der Waals surface area (Å²) in [5.41, 5.74) is 0.968. The van der Waals surface area contributed by atoms with Crippen LogP contribution in [0.4, 0.5) is 0 Å². The Morgan fingerprint density at radius 1 is 1.33 bits per heavy atom. The number of nitrogens with zero attached hydrogens (tertiary/aromatic N) is 2. The van der Waals surface area contributed by atoms with E-state index in [-0.39, 0.29) is 5.69 Å². The molecule has 7 heteroatoms. The van der Waals surface area contributed by atoms with Crippen LogP contribution < -0.4 is 10.1 Å². The third kappa shape index (κ3) is 3.73. The first-order valence-corrected chi connectivity index (χ1v) is 7.80. The number of ether oxygens (including phenoxy) is 1. The highest BCUT2D eigenvalue weighted by Crippen LogP contribution is 2.33. The van der Waals surface area contributed by atoms with Crippen LogP contribution in [0.15, 0.2) is 36.5 Å². The lowest BCUT2D eigenvalue weighted by molar-refractivity contribution is -0.139. The summed E-state index contributed by atoms with van der Waals surface area (Å²) >= 11 is 0. The van der Waals surface area contributed by atoms with Gasteiger partial charge in [0.25, 0.3) is 5.91 Å². The van der Waals surface area contributed by atoms with E-state index in [2.05, 4.69) is 10.4 Å². The summed E-state index contributed by atoms with van der Waals surface area (Å²) in [4.78, 5) is 23.5. The van der Waals surface area contributed by atoms with E-state index in [0.717, 1.165) is 24.3 Å². The predicted molar refractivity (Wildman–Crippen MR) is 86.3 cm³/mol. The zero-order valence-electron chi connectivity index (χ0n) is 13.3. The SMILES string of the molecule is COc1ccc(-n2ccc(C(=O)NC(CC3CC3)C(=O)O)n2)cc1. The molecular weight excluding hydrogens is 310 g/mol. The van der Waals surface area contributed by atoms with Gasteiger partial charge in [-0.3, -0.25) is 4.79 Å². The fourth-order valence-electron chi connectivity index (χ4n) is 2.46.